The lowest BCUT2D eigenvalue weighted by atomic mass is 10.2. The molecule has 3 rings (SSSR count). The number of anilines is 1. The van der Waals surface area contributed by atoms with E-state index in [0.717, 1.165) is 5.56 Å². The highest BCUT2D eigenvalue weighted by molar-refractivity contribution is 8.00. The number of alkyl halides is 3. The van der Waals surface area contributed by atoms with Crippen LogP contribution < -0.4 is 5.32 Å². The number of hydrogen-bond acceptors (Lipinski definition) is 5. The average Bonchev–Trinajstić information content (AvgIpc) is 2.66. The fourth-order valence-corrected chi connectivity index (χ4v) is 3.83. The summed E-state index contributed by atoms with van der Waals surface area (Å²) in [4.78, 5) is 20.9. The second-order valence-electron chi connectivity index (χ2n) is 5.53. The van der Waals surface area contributed by atoms with Gasteiger partial charge in [0.25, 0.3) is 5.91 Å². The predicted octanol–water partition coefficient (Wildman–Crippen LogP) is 5.63. The van der Waals surface area contributed by atoms with Gasteiger partial charge in [0.05, 0.1) is 5.56 Å². The molecule has 144 valence electrons. The monoisotopic (exact) mass is 421 g/mol. The molecule has 0 aliphatic carbocycles. The van der Waals surface area contributed by atoms with E-state index >= 15 is 0 Å². The smallest absolute Gasteiger partial charge is 0.322 e. The molecule has 3 aromatic rings. The number of rotatable bonds is 6. The SMILES string of the molecule is O=C(Nc1cccc(SC(F)(F)F)c1)c1cccnc1SCc1ccncc1. The molecule has 9 heteroatoms. The maximum absolute atomic E-state index is 12.6. The summed E-state index contributed by atoms with van der Waals surface area (Å²) in [6.07, 6.45) is 4.97. The fraction of sp³-hybridized carbons (Fsp3) is 0.105. The number of nitrogens with zero attached hydrogens (tertiary/aromatic N) is 2. The number of halogens is 3. The van der Waals surface area contributed by atoms with Crippen LogP contribution >= 0.6 is 23.5 Å². The summed E-state index contributed by atoms with van der Waals surface area (Å²) in [6.45, 7) is 0. The van der Waals surface area contributed by atoms with E-state index in [1.807, 2.05) is 12.1 Å². The van der Waals surface area contributed by atoms with Crippen molar-refractivity contribution < 1.29 is 18.0 Å². The Morgan fingerprint density at radius 2 is 1.82 bits per heavy atom. The van der Waals surface area contributed by atoms with Crippen LogP contribution in [0.2, 0.25) is 0 Å². The Balaban J connectivity index is 1.72. The van der Waals surface area contributed by atoms with Gasteiger partial charge in [0.2, 0.25) is 0 Å². The number of nitrogens with one attached hydrogen (secondary N) is 1. The molecular formula is C19H14F3N3OS2. The maximum atomic E-state index is 12.6. The zero-order valence-electron chi connectivity index (χ0n) is 14.3. The van der Waals surface area contributed by atoms with E-state index in [-0.39, 0.29) is 22.3 Å². The molecule has 0 unspecified atom stereocenters. The summed E-state index contributed by atoms with van der Waals surface area (Å²) in [7, 11) is 0. The van der Waals surface area contributed by atoms with Crippen molar-refractivity contribution in [2.24, 2.45) is 0 Å². The van der Waals surface area contributed by atoms with Crippen LogP contribution in [0.4, 0.5) is 18.9 Å². The van der Waals surface area contributed by atoms with Crippen LogP contribution in [0.1, 0.15) is 15.9 Å². The van der Waals surface area contributed by atoms with Crippen molar-refractivity contribution in [2.45, 2.75) is 21.2 Å². The molecule has 0 bridgehead atoms. The Morgan fingerprint density at radius 1 is 1.04 bits per heavy atom. The van der Waals surface area contributed by atoms with Crippen LogP contribution in [0.25, 0.3) is 0 Å². The minimum absolute atomic E-state index is 0.00349. The van der Waals surface area contributed by atoms with Gasteiger partial charge in [-0.1, -0.05) is 6.07 Å². The zero-order chi connectivity index (χ0) is 20.0. The third-order valence-electron chi connectivity index (χ3n) is 3.47. The van der Waals surface area contributed by atoms with Crippen LogP contribution in [0, 0.1) is 0 Å². The van der Waals surface area contributed by atoms with Crippen molar-refractivity contribution in [3.05, 3.63) is 78.2 Å². The third kappa shape index (κ3) is 6.00. The van der Waals surface area contributed by atoms with Gasteiger partial charge in [-0.3, -0.25) is 9.78 Å². The Bertz CT molecular complexity index is 952. The summed E-state index contributed by atoms with van der Waals surface area (Å²) >= 11 is 1.17. The van der Waals surface area contributed by atoms with Gasteiger partial charge in [0, 0.05) is 34.9 Å². The molecule has 0 atom stereocenters. The van der Waals surface area contributed by atoms with Crippen LogP contribution in [-0.2, 0) is 5.75 Å². The van der Waals surface area contributed by atoms with Gasteiger partial charge < -0.3 is 5.32 Å². The van der Waals surface area contributed by atoms with E-state index in [9.17, 15) is 18.0 Å². The van der Waals surface area contributed by atoms with Gasteiger partial charge in [0.1, 0.15) is 5.03 Å². The van der Waals surface area contributed by atoms with Crippen LogP contribution in [0.15, 0.2) is 77.0 Å². The first-order valence-electron chi connectivity index (χ1n) is 8.04. The highest BCUT2D eigenvalue weighted by Gasteiger charge is 2.29. The summed E-state index contributed by atoms with van der Waals surface area (Å²) in [5.74, 6) is 0.178. The minimum atomic E-state index is -4.39. The Morgan fingerprint density at radius 3 is 2.57 bits per heavy atom. The number of carbonyl (C=O) groups excluding carboxylic acids is 1. The Labute approximate surface area is 168 Å². The molecule has 0 aliphatic rings. The summed E-state index contributed by atoms with van der Waals surface area (Å²) < 4.78 is 37.6. The quantitative estimate of drug-likeness (QED) is 0.523. The molecule has 1 N–H and O–H groups in total. The Kier molecular flexibility index (Phi) is 6.58. The lowest BCUT2D eigenvalue weighted by Gasteiger charge is -2.11. The van der Waals surface area contributed by atoms with E-state index in [1.54, 1.807) is 36.8 Å². The molecule has 0 aliphatic heterocycles. The number of pyridine rings is 2. The van der Waals surface area contributed by atoms with Gasteiger partial charge >= 0.3 is 5.51 Å². The average molecular weight is 421 g/mol. The molecule has 0 saturated carbocycles. The van der Waals surface area contributed by atoms with Crippen LogP contribution in [0.5, 0.6) is 0 Å². The first-order chi connectivity index (χ1) is 13.4. The minimum Gasteiger partial charge on any atom is -0.322 e. The van der Waals surface area contributed by atoms with Crippen LogP contribution in [-0.4, -0.2) is 21.4 Å². The van der Waals surface area contributed by atoms with E-state index in [4.69, 9.17) is 0 Å². The van der Waals surface area contributed by atoms with E-state index in [0.29, 0.717) is 16.3 Å². The molecule has 2 heterocycles. The van der Waals surface area contributed by atoms with Crippen molar-refractivity contribution in [3.63, 3.8) is 0 Å². The van der Waals surface area contributed by atoms with E-state index < -0.39 is 11.4 Å². The van der Waals surface area contributed by atoms with E-state index in [1.165, 1.54) is 30.0 Å². The highest BCUT2D eigenvalue weighted by atomic mass is 32.2. The van der Waals surface area contributed by atoms with Gasteiger partial charge in [-0.25, -0.2) is 4.98 Å². The molecule has 1 aromatic carbocycles. The maximum Gasteiger partial charge on any atom is 0.446 e. The summed E-state index contributed by atoms with van der Waals surface area (Å²) in [5.41, 5.74) is -2.71. The first kappa shape index (κ1) is 20.2. The largest absolute Gasteiger partial charge is 0.446 e. The van der Waals surface area contributed by atoms with Crippen molar-refractivity contribution in [2.75, 3.05) is 5.32 Å². The Hall–Kier alpha value is -2.52. The van der Waals surface area contributed by atoms with E-state index in [2.05, 4.69) is 15.3 Å². The number of hydrogen-bond donors (Lipinski definition) is 1. The fourth-order valence-electron chi connectivity index (χ4n) is 2.28. The molecule has 2 aromatic heterocycles. The van der Waals surface area contributed by atoms with Crippen LogP contribution in [0.3, 0.4) is 0 Å². The topological polar surface area (TPSA) is 54.9 Å². The molecular weight excluding hydrogens is 407 g/mol. The second-order valence-corrected chi connectivity index (χ2v) is 7.63. The third-order valence-corrected chi connectivity index (χ3v) is 5.26. The summed E-state index contributed by atoms with van der Waals surface area (Å²) in [6, 6.07) is 12.7. The van der Waals surface area contributed by atoms with Gasteiger partial charge in [-0.15, -0.1) is 11.8 Å². The standard InChI is InChI=1S/C19H14F3N3OS2/c20-19(21,22)28-15-4-1-3-14(11-15)25-17(26)16-5-2-8-24-18(16)27-12-13-6-9-23-10-7-13/h1-11H,12H2,(H,25,26). The van der Waals surface area contributed by atoms with Gasteiger partial charge in [0.15, 0.2) is 0 Å². The number of aromatic nitrogens is 2. The highest BCUT2D eigenvalue weighted by Crippen LogP contribution is 2.37. The molecule has 0 saturated heterocycles. The molecule has 0 radical (unpaired) electrons. The van der Waals surface area contributed by atoms with Crippen molar-refractivity contribution >= 4 is 35.1 Å². The number of amides is 1. The molecule has 0 spiro atoms. The van der Waals surface area contributed by atoms with Crippen molar-refractivity contribution in [3.8, 4) is 0 Å². The lowest BCUT2D eigenvalue weighted by Crippen LogP contribution is -2.13. The van der Waals surface area contributed by atoms with Crippen molar-refractivity contribution in [1.82, 2.24) is 9.97 Å². The molecule has 0 fully saturated rings. The summed E-state index contributed by atoms with van der Waals surface area (Å²) in [5, 5.41) is 3.18. The predicted molar refractivity (Wildman–Crippen MR) is 104 cm³/mol. The van der Waals surface area contributed by atoms with Crippen molar-refractivity contribution in [1.29, 1.82) is 0 Å². The number of thioether (sulfide) groups is 2. The lowest BCUT2D eigenvalue weighted by molar-refractivity contribution is -0.0328. The van der Waals surface area contributed by atoms with Gasteiger partial charge in [-0.05, 0) is 59.8 Å². The number of carbonyl (C=O) groups is 1. The van der Waals surface area contributed by atoms with Gasteiger partial charge in [-0.2, -0.15) is 13.2 Å². The first-order valence-corrected chi connectivity index (χ1v) is 9.85. The molecule has 4 nitrogen and oxygen atoms in total. The zero-order valence-corrected chi connectivity index (χ0v) is 15.9. The second kappa shape index (κ2) is 9.11. The molecule has 28 heavy (non-hydrogen) atoms. The number of benzene rings is 1. The normalized spacial score (nSPS) is 11.2. The molecule has 1 amide bonds.